The van der Waals surface area contributed by atoms with E-state index in [1.54, 1.807) is 11.8 Å². The molecule has 0 radical (unpaired) electrons. The van der Waals surface area contributed by atoms with Gasteiger partial charge in [0.2, 0.25) is 0 Å². The summed E-state index contributed by atoms with van der Waals surface area (Å²) in [6, 6.07) is 73.1. The maximum absolute atomic E-state index is 10.1. The number of hydrogen-bond donors (Lipinski definition) is 0. The third-order valence-corrected chi connectivity index (χ3v) is 12.8. The Kier molecular flexibility index (Phi) is 8.03. The summed E-state index contributed by atoms with van der Waals surface area (Å²) in [5.74, 6) is 0.675. The van der Waals surface area contributed by atoms with Crippen LogP contribution in [0, 0.1) is 11.3 Å². The Balaban J connectivity index is 1.14. The molecular weight excluding hydrogens is 723 g/mol. The zero-order valence-corrected chi connectivity index (χ0v) is 32.1. The molecule has 1 aliphatic heterocycles. The molecule has 0 unspecified atom stereocenters. The number of benzene rings is 8. The molecule has 0 saturated heterocycles. The van der Waals surface area contributed by atoms with Crippen molar-refractivity contribution >= 4 is 11.8 Å². The fourth-order valence-corrected chi connectivity index (χ4v) is 10.1. The Morgan fingerprint density at radius 3 is 1.45 bits per heavy atom. The lowest BCUT2D eigenvalue weighted by atomic mass is 9.66. The van der Waals surface area contributed by atoms with Gasteiger partial charge in [-0.25, -0.2) is 9.97 Å². The summed E-state index contributed by atoms with van der Waals surface area (Å²) in [6.45, 7) is 0. The molecule has 0 atom stereocenters. The Hall–Kier alpha value is -7.32. The van der Waals surface area contributed by atoms with E-state index in [9.17, 15) is 5.26 Å². The molecule has 270 valence electrons. The number of hydrogen-bond acceptors (Lipinski definition) is 4. The van der Waals surface area contributed by atoms with Crippen LogP contribution in [0.5, 0.6) is 0 Å². The molecule has 2 aliphatic rings. The van der Waals surface area contributed by atoms with E-state index in [-0.39, 0.29) is 0 Å². The van der Waals surface area contributed by atoms with Crippen molar-refractivity contribution in [1.82, 2.24) is 9.97 Å². The molecule has 2 heterocycles. The van der Waals surface area contributed by atoms with Crippen LogP contribution >= 0.6 is 11.8 Å². The van der Waals surface area contributed by atoms with Crippen molar-refractivity contribution in [3.05, 3.63) is 228 Å². The molecule has 58 heavy (non-hydrogen) atoms. The number of fused-ring (bicyclic) bond motifs is 9. The van der Waals surface area contributed by atoms with Crippen molar-refractivity contribution in [1.29, 1.82) is 5.26 Å². The van der Waals surface area contributed by atoms with Gasteiger partial charge in [-0.3, -0.25) is 0 Å². The second-order valence-electron chi connectivity index (χ2n) is 14.8. The van der Waals surface area contributed by atoms with Crippen LogP contribution < -0.4 is 0 Å². The summed E-state index contributed by atoms with van der Waals surface area (Å²) in [4.78, 5) is 13.0. The van der Waals surface area contributed by atoms with Gasteiger partial charge in [-0.2, -0.15) is 5.26 Å². The van der Waals surface area contributed by atoms with E-state index < -0.39 is 5.41 Å². The zero-order valence-electron chi connectivity index (χ0n) is 31.3. The van der Waals surface area contributed by atoms with Gasteiger partial charge in [0.15, 0.2) is 5.82 Å². The first-order valence-corrected chi connectivity index (χ1v) is 20.3. The Labute approximate surface area is 342 Å². The molecule has 1 aliphatic carbocycles. The van der Waals surface area contributed by atoms with Gasteiger partial charge in [0, 0.05) is 26.5 Å². The lowest BCUT2D eigenvalue weighted by molar-refractivity contribution is 0.723. The van der Waals surface area contributed by atoms with Gasteiger partial charge in [-0.05, 0) is 92.0 Å². The van der Waals surface area contributed by atoms with Gasteiger partial charge in [0.1, 0.15) is 0 Å². The zero-order chi connectivity index (χ0) is 38.6. The van der Waals surface area contributed by atoms with E-state index >= 15 is 0 Å². The Bertz CT molecular complexity index is 3050. The fraction of sp³-hybridized carbons (Fsp3) is 0.0185. The highest BCUT2D eigenvalue weighted by molar-refractivity contribution is 7.99. The molecule has 8 aromatic carbocycles. The summed E-state index contributed by atoms with van der Waals surface area (Å²) < 4.78 is 0. The molecular formula is C54H33N3S. The second kappa shape index (κ2) is 13.7. The SMILES string of the molecule is N#Cc1ccccc1-c1ccc2c(c1)C1(c3cc(-c4nc(-c5ccccc5)cc(-c5ccc(-c6ccccc6)cc5)n4)ccc3S2)c2ccccc2-c2ccccc21. The van der Waals surface area contributed by atoms with Crippen molar-refractivity contribution in [2.45, 2.75) is 15.2 Å². The fourth-order valence-electron chi connectivity index (χ4n) is 8.99. The third-order valence-electron chi connectivity index (χ3n) is 11.6. The second-order valence-corrected chi connectivity index (χ2v) is 15.9. The molecule has 0 N–H and O–H groups in total. The van der Waals surface area contributed by atoms with Crippen LogP contribution in [0.25, 0.3) is 67.3 Å². The standard InChI is InChI=1S/C54H33N3S/c55-34-41-17-7-8-18-42(41)39-27-29-51-47(31-39)54(45-21-11-9-19-43(45)44-20-10-12-22-46(44)54)48-32-40(28-30-52(48)58-51)53-56-49(37-15-5-2-6-16-37)33-50(57-53)38-25-23-36(24-26-38)35-13-3-1-4-14-35/h1-33H. The molecule has 11 rings (SSSR count). The first-order valence-electron chi connectivity index (χ1n) is 19.5. The third kappa shape index (κ3) is 5.36. The summed E-state index contributed by atoms with van der Waals surface area (Å²) >= 11 is 1.80. The number of nitrogens with zero attached hydrogens (tertiary/aromatic N) is 3. The highest BCUT2D eigenvalue weighted by atomic mass is 32.2. The maximum Gasteiger partial charge on any atom is 0.160 e. The molecule has 0 bridgehead atoms. The van der Waals surface area contributed by atoms with Gasteiger partial charge in [0.05, 0.1) is 28.4 Å². The molecule has 3 nitrogen and oxygen atoms in total. The van der Waals surface area contributed by atoms with E-state index in [1.165, 1.54) is 48.7 Å². The summed E-state index contributed by atoms with van der Waals surface area (Å²) in [5.41, 5.74) is 16.5. The average molecular weight is 756 g/mol. The van der Waals surface area contributed by atoms with E-state index in [2.05, 4.69) is 176 Å². The van der Waals surface area contributed by atoms with Crippen molar-refractivity contribution in [2.24, 2.45) is 0 Å². The van der Waals surface area contributed by atoms with E-state index in [4.69, 9.17) is 9.97 Å². The minimum absolute atomic E-state index is 0.621. The molecule has 1 spiro atoms. The minimum atomic E-state index is -0.621. The largest absolute Gasteiger partial charge is 0.228 e. The number of nitriles is 1. The van der Waals surface area contributed by atoms with E-state index in [1.807, 2.05) is 30.3 Å². The van der Waals surface area contributed by atoms with Crippen LogP contribution in [-0.4, -0.2) is 9.97 Å². The molecule has 0 fully saturated rings. The van der Waals surface area contributed by atoms with Crippen molar-refractivity contribution in [2.75, 3.05) is 0 Å². The van der Waals surface area contributed by atoms with Crippen molar-refractivity contribution < 1.29 is 0 Å². The quantitative estimate of drug-likeness (QED) is 0.175. The van der Waals surface area contributed by atoms with Crippen molar-refractivity contribution in [3.8, 4) is 73.4 Å². The molecule has 9 aromatic rings. The maximum atomic E-state index is 10.1. The summed E-state index contributed by atoms with van der Waals surface area (Å²) in [7, 11) is 0. The van der Waals surface area contributed by atoms with Crippen LogP contribution in [0.1, 0.15) is 27.8 Å². The minimum Gasteiger partial charge on any atom is -0.228 e. The van der Waals surface area contributed by atoms with Gasteiger partial charge in [-0.15, -0.1) is 0 Å². The van der Waals surface area contributed by atoms with Gasteiger partial charge in [-0.1, -0.05) is 176 Å². The molecule has 1 aromatic heterocycles. The van der Waals surface area contributed by atoms with Crippen LogP contribution in [-0.2, 0) is 5.41 Å². The van der Waals surface area contributed by atoms with Crippen LogP contribution in [0.15, 0.2) is 210 Å². The van der Waals surface area contributed by atoms with Crippen LogP contribution in [0.3, 0.4) is 0 Å². The van der Waals surface area contributed by atoms with Crippen LogP contribution in [0.4, 0.5) is 0 Å². The monoisotopic (exact) mass is 755 g/mol. The van der Waals surface area contributed by atoms with Crippen molar-refractivity contribution in [3.63, 3.8) is 0 Å². The van der Waals surface area contributed by atoms with E-state index in [0.29, 0.717) is 11.4 Å². The summed E-state index contributed by atoms with van der Waals surface area (Å²) in [6.07, 6.45) is 0. The average Bonchev–Trinajstić information content (AvgIpc) is 3.60. The van der Waals surface area contributed by atoms with Crippen LogP contribution in [0.2, 0.25) is 0 Å². The molecule has 0 saturated carbocycles. The first kappa shape index (κ1) is 34.0. The number of aromatic nitrogens is 2. The highest BCUT2D eigenvalue weighted by Gasteiger charge is 2.50. The summed E-state index contributed by atoms with van der Waals surface area (Å²) in [5, 5.41) is 10.1. The van der Waals surface area contributed by atoms with Gasteiger partial charge >= 0.3 is 0 Å². The first-order chi connectivity index (χ1) is 28.7. The molecule has 4 heteroatoms. The lowest BCUT2D eigenvalue weighted by Crippen LogP contribution is -2.32. The number of rotatable bonds is 5. The predicted molar refractivity (Wildman–Crippen MR) is 235 cm³/mol. The Morgan fingerprint density at radius 1 is 0.379 bits per heavy atom. The van der Waals surface area contributed by atoms with E-state index in [0.717, 1.165) is 44.8 Å². The highest BCUT2D eigenvalue weighted by Crippen LogP contribution is 2.62. The topological polar surface area (TPSA) is 49.6 Å². The smallest absolute Gasteiger partial charge is 0.160 e. The Morgan fingerprint density at radius 2 is 0.828 bits per heavy atom. The lowest BCUT2D eigenvalue weighted by Gasteiger charge is -2.40. The molecule has 0 amide bonds. The van der Waals surface area contributed by atoms with Gasteiger partial charge < -0.3 is 0 Å². The normalized spacial score (nSPS) is 12.9. The predicted octanol–water partition coefficient (Wildman–Crippen LogP) is 13.5. The van der Waals surface area contributed by atoms with Gasteiger partial charge in [0.25, 0.3) is 0 Å².